The number of hydrogen-bond donors (Lipinski definition) is 3. The van der Waals surface area contributed by atoms with E-state index in [1.165, 1.54) is 19.4 Å². The van der Waals surface area contributed by atoms with Crippen LogP contribution in [0.4, 0.5) is 17.2 Å². The lowest BCUT2D eigenvalue weighted by atomic mass is 10.1. The minimum absolute atomic E-state index is 0.0119. The molecule has 3 aromatic rings. The van der Waals surface area contributed by atoms with Crippen LogP contribution in [0.1, 0.15) is 44.7 Å². The second kappa shape index (κ2) is 11.3. The molecule has 13 heteroatoms. The molecule has 0 atom stereocenters. The molecule has 2 aromatic heterocycles. The first-order valence-electron chi connectivity index (χ1n) is 13.5. The minimum Gasteiger partial charge on any atom is -0.494 e. The van der Waals surface area contributed by atoms with Crippen LogP contribution in [-0.2, 0) is 21.9 Å². The van der Waals surface area contributed by atoms with Gasteiger partial charge in [0.2, 0.25) is 5.91 Å². The van der Waals surface area contributed by atoms with E-state index in [4.69, 9.17) is 17.5 Å². The molecular weight excluding hydrogens is 488 g/mol. The van der Waals surface area contributed by atoms with Crippen molar-refractivity contribution in [2.45, 2.75) is 26.1 Å². The van der Waals surface area contributed by atoms with Crippen molar-refractivity contribution in [1.82, 2.24) is 19.7 Å². The van der Waals surface area contributed by atoms with Gasteiger partial charge in [0.05, 0.1) is 35.9 Å². The Morgan fingerprint density at radius 3 is 2.64 bits per heavy atom. The second-order valence-electron chi connectivity index (χ2n) is 7.74. The number of aryl methyl sites for hydroxylation is 1. The van der Waals surface area contributed by atoms with Crippen LogP contribution in [0.15, 0.2) is 36.8 Å². The van der Waals surface area contributed by atoms with Crippen molar-refractivity contribution < 1.29 is 35.5 Å². The normalized spacial score (nSPS) is 16.0. The minimum atomic E-state index is -3.67. The number of carbonyl (C=O) groups is 2. The van der Waals surface area contributed by atoms with Crippen molar-refractivity contribution in [3.05, 3.63) is 42.4 Å². The summed E-state index contributed by atoms with van der Waals surface area (Å²) in [4.78, 5) is 33.3. The molecule has 3 N–H and O–H groups in total. The highest BCUT2D eigenvalue weighted by molar-refractivity contribution is 7.85. The van der Waals surface area contributed by atoms with Crippen molar-refractivity contribution in [1.29, 1.82) is 0 Å². The number of nitrogens with one attached hydrogen (secondary N) is 2. The third-order valence-electron chi connectivity index (χ3n) is 4.79. The summed E-state index contributed by atoms with van der Waals surface area (Å²) >= 11 is 0. The van der Waals surface area contributed by atoms with Gasteiger partial charge in [0, 0.05) is 39.8 Å². The molecule has 1 aromatic carbocycles. The fraction of sp³-hybridized carbons (Fsp3) is 0.348. The zero-order chi connectivity index (χ0) is 31.5. The summed E-state index contributed by atoms with van der Waals surface area (Å²) in [6, 6.07) is 6.37. The number of methoxy groups -OCH3 is 1. The SMILES string of the molecule is CS(=O)(=O)O.[2H]C([2H])([2H])CC(=O)c1cnc(NC(=O)C2CC2)cc1Nc1cccc(-c2ncn(C([2H])([2H])[2H])n2)c1OC. The number of pyridine rings is 1. The molecule has 2 heterocycles. The predicted molar refractivity (Wildman–Crippen MR) is 134 cm³/mol. The standard InChI is InChI=1S/C22H24N6O3.CH4O3S/c1-4-18(29)15-11-23-19(26-22(30)13-8-9-13)10-17(15)25-16-7-5-6-14(20(16)31-3)21-24-12-28(2)27-21;1-5(2,3)4/h5-7,10-13H,4,8-9H2,1-3H3,(H2,23,25,26,30);1H3,(H,2,3,4)/i1D3,2D3;. The van der Waals surface area contributed by atoms with E-state index in [0.717, 1.165) is 23.9 Å². The zero-order valence-corrected chi connectivity index (χ0v) is 20.2. The number of amides is 1. The van der Waals surface area contributed by atoms with Gasteiger partial charge in [-0.15, -0.1) is 0 Å². The largest absolute Gasteiger partial charge is 0.494 e. The molecule has 0 unspecified atom stereocenters. The number of benzene rings is 1. The van der Waals surface area contributed by atoms with Gasteiger partial charge >= 0.3 is 0 Å². The summed E-state index contributed by atoms with van der Waals surface area (Å²) in [5, 5.41) is 9.80. The zero-order valence-electron chi connectivity index (χ0n) is 25.3. The topological polar surface area (TPSA) is 165 Å². The van der Waals surface area contributed by atoms with E-state index in [1.54, 1.807) is 18.2 Å². The van der Waals surface area contributed by atoms with Gasteiger partial charge in [-0.1, -0.05) is 12.9 Å². The summed E-state index contributed by atoms with van der Waals surface area (Å²) in [6.45, 7) is -5.00. The molecule has 0 aliphatic heterocycles. The molecule has 1 amide bonds. The second-order valence-corrected chi connectivity index (χ2v) is 9.20. The van der Waals surface area contributed by atoms with Gasteiger partial charge in [0.25, 0.3) is 10.1 Å². The maximum absolute atomic E-state index is 12.8. The van der Waals surface area contributed by atoms with Crippen molar-refractivity contribution in [3.8, 4) is 17.1 Å². The number of aromatic nitrogens is 4. The van der Waals surface area contributed by atoms with Crippen LogP contribution in [-0.4, -0.2) is 57.8 Å². The van der Waals surface area contributed by atoms with E-state index in [1.807, 2.05) is 0 Å². The average Bonchev–Trinajstić information content (AvgIpc) is 3.57. The van der Waals surface area contributed by atoms with Crippen molar-refractivity contribution in [3.63, 3.8) is 0 Å². The molecule has 12 nitrogen and oxygen atoms in total. The Kier molecular flexibility index (Phi) is 6.06. The monoisotopic (exact) mass is 522 g/mol. The summed E-state index contributed by atoms with van der Waals surface area (Å²) in [7, 11) is -2.26. The van der Waals surface area contributed by atoms with Crippen LogP contribution < -0.4 is 15.4 Å². The predicted octanol–water partition coefficient (Wildman–Crippen LogP) is 3.07. The van der Waals surface area contributed by atoms with E-state index >= 15 is 0 Å². The van der Waals surface area contributed by atoms with Crippen molar-refractivity contribution >= 4 is 39.0 Å². The molecule has 0 bridgehead atoms. The molecule has 1 fully saturated rings. The smallest absolute Gasteiger partial charge is 0.261 e. The molecule has 0 spiro atoms. The Morgan fingerprint density at radius 2 is 2.03 bits per heavy atom. The Bertz CT molecular complexity index is 1560. The highest BCUT2D eigenvalue weighted by Gasteiger charge is 2.30. The number of carbonyl (C=O) groups excluding carboxylic acids is 2. The number of ether oxygens (including phenoxy) is 1. The Labute approximate surface area is 217 Å². The van der Waals surface area contributed by atoms with Crippen LogP contribution in [0.25, 0.3) is 11.4 Å². The average molecular weight is 523 g/mol. The Hall–Kier alpha value is -3.84. The lowest BCUT2D eigenvalue weighted by Gasteiger charge is -2.16. The molecule has 0 saturated heterocycles. The lowest BCUT2D eigenvalue weighted by Crippen LogP contribution is -2.15. The van der Waals surface area contributed by atoms with Gasteiger partial charge in [-0.05, 0) is 25.0 Å². The van der Waals surface area contributed by atoms with Gasteiger partial charge in [-0.3, -0.25) is 18.8 Å². The first-order chi connectivity index (χ1) is 19.4. The summed E-state index contributed by atoms with van der Waals surface area (Å²) in [5.41, 5.74) is 0.950. The maximum Gasteiger partial charge on any atom is 0.261 e. The van der Waals surface area contributed by atoms with Crippen LogP contribution in [0.2, 0.25) is 0 Å². The fourth-order valence-electron chi connectivity index (χ4n) is 3.08. The molecule has 1 aliphatic carbocycles. The number of ketones is 1. The van der Waals surface area contributed by atoms with E-state index in [0.29, 0.717) is 17.5 Å². The highest BCUT2D eigenvalue weighted by Crippen LogP contribution is 2.37. The fourth-order valence-corrected chi connectivity index (χ4v) is 3.08. The van der Waals surface area contributed by atoms with Crippen molar-refractivity contribution in [2.75, 3.05) is 24.0 Å². The molecule has 36 heavy (non-hydrogen) atoms. The number of para-hydroxylation sites is 1. The maximum atomic E-state index is 12.8. The van der Waals surface area contributed by atoms with Crippen LogP contribution in [0.3, 0.4) is 0 Å². The first kappa shape index (κ1) is 19.4. The molecule has 192 valence electrons. The van der Waals surface area contributed by atoms with Gasteiger partial charge in [-0.25, -0.2) is 9.97 Å². The molecular formula is C23H28N6O6S. The van der Waals surface area contributed by atoms with Crippen LogP contribution in [0.5, 0.6) is 5.75 Å². The van der Waals surface area contributed by atoms with Gasteiger partial charge in [-0.2, -0.15) is 13.5 Å². The highest BCUT2D eigenvalue weighted by atomic mass is 32.2. The van der Waals surface area contributed by atoms with Crippen LogP contribution >= 0.6 is 0 Å². The van der Waals surface area contributed by atoms with E-state index in [9.17, 15) is 18.0 Å². The number of anilines is 3. The lowest BCUT2D eigenvalue weighted by molar-refractivity contribution is -0.117. The summed E-state index contributed by atoms with van der Waals surface area (Å²) in [5.74, 6) is -0.381. The Balaban J connectivity index is 0.000000892. The first-order valence-corrected chi connectivity index (χ1v) is 12.3. The third kappa shape index (κ3) is 7.33. The molecule has 1 aliphatic rings. The summed E-state index contributed by atoms with van der Waals surface area (Å²) < 4.78 is 77.1. The number of Topliss-reactive ketones (excluding diaryl/α,β-unsaturated/α-hetero) is 1. The number of rotatable bonds is 8. The number of hydrogen-bond acceptors (Lipinski definition) is 9. The quantitative estimate of drug-likeness (QED) is 0.296. The third-order valence-corrected chi connectivity index (χ3v) is 4.79. The molecule has 4 rings (SSSR count). The van der Waals surface area contributed by atoms with Crippen molar-refractivity contribution in [2.24, 2.45) is 12.9 Å². The van der Waals surface area contributed by atoms with Gasteiger partial charge < -0.3 is 15.4 Å². The van der Waals surface area contributed by atoms with E-state index < -0.39 is 36.1 Å². The van der Waals surface area contributed by atoms with Gasteiger partial charge in [0.15, 0.2) is 17.4 Å². The number of nitrogens with zero attached hydrogens (tertiary/aromatic N) is 4. The summed E-state index contributed by atoms with van der Waals surface area (Å²) in [6.07, 6.45) is 3.90. The molecule has 1 saturated carbocycles. The van der Waals surface area contributed by atoms with E-state index in [2.05, 4.69) is 25.7 Å². The Morgan fingerprint density at radius 1 is 1.28 bits per heavy atom. The van der Waals surface area contributed by atoms with Gasteiger partial charge in [0.1, 0.15) is 12.1 Å². The molecule has 0 radical (unpaired) electrons. The van der Waals surface area contributed by atoms with Crippen LogP contribution in [0, 0.1) is 5.92 Å². The van der Waals surface area contributed by atoms with E-state index in [-0.39, 0.29) is 40.5 Å².